The second-order valence-corrected chi connectivity index (χ2v) is 7.31. The Hall–Kier alpha value is -2.83. The Kier molecular flexibility index (Phi) is 4.36. The highest BCUT2D eigenvalue weighted by molar-refractivity contribution is 7.11. The first-order chi connectivity index (χ1) is 12.8. The first kappa shape index (κ1) is 16.6. The smallest absolute Gasteiger partial charge is 0.167 e. The number of ether oxygens (including phenoxy) is 1. The third kappa shape index (κ3) is 2.46. The first-order valence-corrected chi connectivity index (χ1v) is 9.67. The maximum Gasteiger partial charge on any atom is 0.167 e. The Balaban J connectivity index is 1.98. The molecule has 0 radical (unpaired) electrons. The lowest BCUT2D eigenvalue weighted by Crippen LogP contribution is -2.35. The van der Waals surface area contributed by atoms with Crippen LogP contribution in [0, 0.1) is 17.2 Å². The van der Waals surface area contributed by atoms with E-state index in [1.54, 1.807) is 11.3 Å². The van der Waals surface area contributed by atoms with E-state index < -0.39 is 5.60 Å². The quantitative estimate of drug-likeness (QED) is 0.575. The summed E-state index contributed by atoms with van der Waals surface area (Å²) in [5.41, 5.74) is 2.22. The summed E-state index contributed by atoms with van der Waals surface area (Å²) < 4.78 is 6.74. The Morgan fingerprint density at radius 1 is 0.962 bits per heavy atom. The predicted octanol–water partition coefficient (Wildman–Crippen LogP) is 5.98. The summed E-state index contributed by atoms with van der Waals surface area (Å²) in [5, 5.41) is 12.0. The third-order valence-electron chi connectivity index (χ3n) is 5.03. The SMILES string of the molecule is CCC1C(C#N)=C(c2cccs2)OC1(c1ccccc1)c1ccccc1. The standard InChI is InChI=1S/C23H19NOS/c1-2-20-19(16-24)22(21-14-9-15-26-21)25-23(20,17-10-5-3-6-11-17)18-12-7-4-8-13-18/h3-15,20H,2H2,1H3. The molecule has 0 bridgehead atoms. The monoisotopic (exact) mass is 357 g/mol. The minimum absolute atomic E-state index is 0.0330. The summed E-state index contributed by atoms with van der Waals surface area (Å²) in [4.78, 5) is 1.01. The van der Waals surface area contributed by atoms with Crippen molar-refractivity contribution in [3.8, 4) is 6.07 Å². The van der Waals surface area contributed by atoms with Crippen LogP contribution < -0.4 is 0 Å². The number of rotatable bonds is 4. The fourth-order valence-electron chi connectivity index (χ4n) is 3.92. The molecule has 0 N–H and O–H groups in total. The van der Waals surface area contributed by atoms with Crippen molar-refractivity contribution in [2.45, 2.75) is 18.9 Å². The van der Waals surface area contributed by atoms with Crippen LogP contribution in [0.1, 0.15) is 29.3 Å². The van der Waals surface area contributed by atoms with Gasteiger partial charge in [-0.05, 0) is 17.9 Å². The van der Waals surface area contributed by atoms with Crippen LogP contribution in [-0.4, -0.2) is 0 Å². The molecule has 1 aliphatic heterocycles. The molecule has 26 heavy (non-hydrogen) atoms. The zero-order valence-electron chi connectivity index (χ0n) is 14.6. The molecular weight excluding hydrogens is 338 g/mol. The number of nitriles is 1. The molecule has 0 spiro atoms. The maximum atomic E-state index is 9.98. The van der Waals surface area contributed by atoms with E-state index in [0.29, 0.717) is 0 Å². The van der Waals surface area contributed by atoms with E-state index in [1.165, 1.54) is 0 Å². The average Bonchev–Trinajstić information content (AvgIpc) is 3.35. The van der Waals surface area contributed by atoms with E-state index >= 15 is 0 Å². The molecule has 1 atom stereocenters. The second-order valence-electron chi connectivity index (χ2n) is 6.36. The van der Waals surface area contributed by atoms with Crippen LogP contribution in [0.4, 0.5) is 0 Å². The molecule has 0 saturated heterocycles. The van der Waals surface area contributed by atoms with Gasteiger partial charge in [-0.3, -0.25) is 0 Å². The topological polar surface area (TPSA) is 33.0 Å². The lowest BCUT2D eigenvalue weighted by atomic mass is 9.73. The minimum atomic E-state index is -0.679. The van der Waals surface area contributed by atoms with Crippen molar-refractivity contribution in [2.75, 3.05) is 0 Å². The lowest BCUT2D eigenvalue weighted by Gasteiger charge is -2.36. The van der Waals surface area contributed by atoms with Crippen LogP contribution in [0.2, 0.25) is 0 Å². The Morgan fingerprint density at radius 2 is 1.58 bits per heavy atom. The molecular formula is C23H19NOS. The van der Waals surface area contributed by atoms with Crippen LogP contribution in [-0.2, 0) is 10.3 Å². The number of hydrogen-bond acceptors (Lipinski definition) is 3. The van der Waals surface area contributed by atoms with Gasteiger partial charge in [0.15, 0.2) is 11.4 Å². The number of benzene rings is 2. The van der Waals surface area contributed by atoms with E-state index in [1.807, 2.05) is 53.9 Å². The van der Waals surface area contributed by atoms with Gasteiger partial charge in [0, 0.05) is 17.0 Å². The third-order valence-corrected chi connectivity index (χ3v) is 5.89. The molecule has 0 aliphatic carbocycles. The molecule has 1 unspecified atom stereocenters. The highest BCUT2D eigenvalue weighted by Gasteiger charge is 2.52. The molecule has 128 valence electrons. The Morgan fingerprint density at radius 3 is 2.04 bits per heavy atom. The van der Waals surface area contributed by atoms with Gasteiger partial charge < -0.3 is 4.74 Å². The highest BCUT2D eigenvalue weighted by Crippen LogP contribution is 2.54. The summed E-state index contributed by atoms with van der Waals surface area (Å²) in [5.74, 6) is 0.691. The van der Waals surface area contributed by atoms with Gasteiger partial charge in [0.2, 0.25) is 0 Å². The summed E-state index contributed by atoms with van der Waals surface area (Å²) in [6.45, 7) is 2.13. The molecule has 1 aromatic heterocycles. The highest BCUT2D eigenvalue weighted by atomic mass is 32.1. The van der Waals surface area contributed by atoms with Gasteiger partial charge in [0.05, 0.1) is 16.5 Å². The van der Waals surface area contributed by atoms with Crippen molar-refractivity contribution >= 4 is 17.1 Å². The van der Waals surface area contributed by atoms with Gasteiger partial charge in [0.1, 0.15) is 0 Å². The van der Waals surface area contributed by atoms with Crippen molar-refractivity contribution < 1.29 is 4.74 Å². The molecule has 0 amide bonds. The van der Waals surface area contributed by atoms with E-state index in [4.69, 9.17) is 4.74 Å². The van der Waals surface area contributed by atoms with E-state index in [9.17, 15) is 5.26 Å². The van der Waals surface area contributed by atoms with Crippen LogP contribution in [0.3, 0.4) is 0 Å². The van der Waals surface area contributed by atoms with Crippen molar-refractivity contribution in [1.29, 1.82) is 5.26 Å². The molecule has 2 nitrogen and oxygen atoms in total. The van der Waals surface area contributed by atoms with E-state index in [-0.39, 0.29) is 5.92 Å². The number of hydrogen-bond donors (Lipinski definition) is 0. The summed E-state index contributed by atoms with van der Waals surface area (Å²) >= 11 is 1.61. The lowest BCUT2D eigenvalue weighted by molar-refractivity contribution is 0.0572. The zero-order chi connectivity index (χ0) is 18.0. The summed E-state index contributed by atoms with van der Waals surface area (Å²) in [6.07, 6.45) is 0.821. The van der Waals surface area contributed by atoms with Gasteiger partial charge in [-0.25, -0.2) is 0 Å². The summed E-state index contributed by atoms with van der Waals surface area (Å²) in [6, 6.07) is 27.0. The zero-order valence-corrected chi connectivity index (χ0v) is 15.4. The Labute approximate surface area is 158 Å². The van der Waals surface area contributed by atoms with Crippen molar-refractivity contribution in [1.82, 2.24) is 0 Å². The van der Waals surface area contributed by atoms with E-state index in [2.05, 4.69) is 37.3 Å². The van der Waals surface area contributed by atoms with E-state index in [0.717, 1.165) is 33.8 Å². The molecule has 4 rings (SSSR count). The minimum Gasteiger partial charge on any atom is -0.475 e. The fraction of sp³-hybridized carbons (Fsp3) is 0.174. The molecule has 0 saturated carbocycles. The maximum absolute atomic E-state index is 9.98. The number of nitrogens with zero attached hydrogens (tertiary/aromatic N) is 1. The normalized spacial score (nSPS) is 18.4. The van der Waals surface area contributed by atoms with Gasteiger partial charge in [0.25, 0.3) is 0 Å². The van der Waals surface area contributed by atoms with Gasteiger partial charge in [-0.2, -0.15) is 5.26 Å². The number of thiophene rings is 1. The second kappa shape index (κ2) is 6.82. The Bertz CT molecular complexity index is 913. The van der Waals surface area contributed by atoms with Crippen molar-refractivity contribution in [2.24, 2.45) is 5.92 Å². The molecule has 0 fully saturated rings. The van der Waals surface area contributed by atoms with Crippen LogP contribution in [0.15, 0.2) is 83.7 Å². The average molecular weight is 357 g/mol. The molecule has 2 aromatic carbocycles. The van der Waals surface area contributed by atoms with Gasteiger partial charge in [-0.1, -0.05) is 73.7 Å². The van der Waals surface area contributed by atoms with Crippen LogP contribution in [0.25, 0.3) is 5.76 Å². The molecule has 1 aliphatic rings. The van der Waals surface area contributed by atoms with Crippen molar-refractivity contribution in [3.05, 3.63) is 99.8 Å². The molecule has 2 heterocycles. The van der Waals surface area contributed by atoms with Crippen LogP contribution in [0.5, 0.6) is 0 Å². The fourth-order valence-corrected chi connectivity index (χ4v) is 4.64. The molecule has 3 heteroatoms. The largest absolute Gasteiger partial charge is 0.475 e. The first-order valence-electron chi connectivity index (χ1n) is 8.79. The summed E-state index contributed by atoms with van der Waals surface area (Å²) in [7, 11) is 0. The van der Waals surface area contributed by atoms with Crippen molar-refractivity contribution in [3.63, 3.8) is 0 Å². The van der Waals surface area contributed by atoms with Gasteiger partial charge >= 0.3 is 0 Å². The molecule has 3 aromatic rings. The predicted molar refractivity (Wildman–Crippen MR) is 105 cm³/mol. The van der Waals surface area contributed by atoms with Crippen LogP contribution >= 0.6 is 11.3 Å². The van der Waals surface area contributed by atoms with Gasteiger partial charge in [-0.15, -0.1) is 11.3 Å².